The second-order valence-corrected chi connectivity index (χ2v) is 8.11. The molecule has 2 N–H and O–H groups in total. The van der Waals surface area contributed by atoms with Gasteiger partial charge >= 0.3 is 6.09 Å². The lowest BCUT2D eigenvalue weighted by Gasteiger charge is -2.56. The van der Waals surface area contributed by atoms with Gasteiger partial charge in [0.05, 0.1) is 6.61 Å². The van der Waals surface area contributed by atoms with Crippen LogP contribution in [0.4, 0.5) is 4.79 Å². The maximum atomic E-state index is 12.2. The Kier molecular flexibility index (Phi) is 3.60. The number of amides is 1. The lowest BCUT2D eigenvalue weighted by atomic mass is 9.53. The van der Waals surface area contributed by atoms with Crippen molar-refractivity contribution in [1.82, 2.24) is 10.6 Å². The average molecular weight is 292 g/mol. The van der Waals surface area contributed by atoms with E-state index in [1.807, 2.05) is 0 Å². The Labute approximate surface area is 127 Å². The molecule has 4 bridgehead atoms. The van der Waals surface area contributed by atoms with E-state index in [4.69, 9.17) is 4.74 Å². The van der Waals surface area contributed by atoms with Gasteiger partial charge < -0.3 is 15.4 Å². The summed E-state index contributed by atoms with van der Waals surface area (Å²) in [6, 6.07) is 0. The summed E-state index contributed by atoms with van der Waals surface area (Å²) in [4.78, 5) is 12.2. The van der Waals surface area contributed by atoms with Crippen molar-refractivity contribution in [2.75, 3.05) is 19.7 Å². The smallest absolute Gasteiger partial charge is 0.407 e. The van der Waals surface area contributed by atoms with E-state index in [-0.39, 0.29) is 11.6 Å². The molecule has 4 heteroatoms. The highest BCUT2D eigenvalue weighted by Gasteiger charge is 2.51. The molecule has 0 aromatic heterocycles. The van der Waals surface area contributed by atoms with E-state index in [1.54, 1.807) is 0 Å². The van der Waals surface area contributed by atoms with Gasteiger partial charge in [0.2, 0.25) is 0 Å². The standard InChI is InChI=1S/C17H28N2O2/c20-16(21-4-2-12-1-3-18-11-12)19-17-8-13-5-14(9-17)7-15(6-13)10-17/h12-15,18H,1-11H2,(H,19,20). The summed E-state index contributed by atoms with van der Waals surface area (Å²) < 4.78 is 5.47. The van der Waals surface area contributed by atoms with Crippen LogP contribution in [0.25, 0.3) is 0 Å². The lowest BCUT2D eigenvalue weighted by Crippen LogP contribution is -2.59. The van der Waals surface area contributed by atoms with Crippen LogP contribution in [0.2, 0.25) is 0 Å². The molecule has 1 aliphatic heterocycles. The minimum atomic E-state index is -0.164. The highest BCUT2D eigenvalue weighted by atomic mass is 16.5. The Hall–Kier alpha value is -0.770. The maximum absolute atomic E-state index is 12.2. The highest BCUT2D eigenvalue weighted by molar-refractivity contribution is 5.68. The molecule has 5 rings (SSSR count). The number of nitrogens with one attached hydrogen (secondary N) is 2. The fraction of sp³-hybridized carbons (Fsp3) is 0.941. The number of carbonyl (C=O) groups is 1. The zero-order valence-corrected chi connectivity index (χ0v) is 12.9. The van der Waals surface area contributed by atoms with E-state index in [9.17, 15) is 4.79 Å². The molecule has 118 valence electrons. The van der Waals surface area contributed by atoms with Crippen molar-refractivity contribution >= 4 is 6.09 Å². The molecular weight excluding hydrogens is 264 g/mol. The fourth-order valence-electron chi connectivity index (χ4n) is 5.80. The predicted molar refractivity (Wildman–Crippen MR) is 81.0 cm³/mol. The number of alkyl carbamates (subject to hydrolysis) is 1. The van der Waals surface area contributed by atoms with Gasteiger partial charge in [-0.1, -0.05) is 0 Å². The lowest BCUT2D eigenvalue weighted by molar-refractivity contribution is -0.0192. The van der Waals surface area contributed by atoms with Gasteiger partial charge in [-0.25, -0.2) is 4.79 Å². The van der Waals surface area contributed by atoms with Crippen molar-refractivity contribution in [1.29, 1.82) is 0 Å². The summed E-state index contributed by atoms with van der Waals surface area (Å²) in [7, 11) is 0. The van der Waals surface area contributed by atoms with E-state index in [0.717, 1.165) is 37.3 Å². The molecule has 4 aliphatic carbocycles. The minimum absolute atomic E-state index is 0.0841. The molecule has 0 spiro atoms. The number of hydrogen-bond acceptors (Lipinski definition) is 3. The van der Waals surface area contributed by atoms with Crippen LogP contribution in [0.1, 0.15) is 51.4 Å². The number of hydrogen-bond donors (Lipinski definition) is 2. The molecule has 0 aromatic rings. The Morgan fingerprint density at radius 1 is 1.14 bits per heavy atom. The monoisotopic (exact) mass is 292 g/mol. The van der Waals surface area contributed by atoms with Gasteiger partial charge in [0, 0.05) is 5.54 Å². The van der Waals surface area contributed by atoms with Crippen LogP contribution in [-0.4, -0.2) is 31.3 Å². The number of ether oxygens (including phenoxy) is 1. The molecule has 4 saturated carbocycles. The molecular formula is C17H28N2O2. The molecule has 1 unspecified atom stereocenters. The summed E-state index contributed by atoms with van der Waals surface area (Å²) in [5.74, 6) is 3.28. The summed E-state index contributed by atoms with van der Waals surface area (Å²) in [6.45, 7) is 2.77. The zero-order chi connectivity index (χ0) is 14.3. The molecule has 1 atom stereocenters. The summed E-state index contributed by atoms with van der Waals surface area (Å²) in [6.07, 6.45) is 9.87. The number of carbonyl (C=O) groups excluding carboxylic acids is 1. The Morgan fingerprint density at radius 2 is 1.81 bits per heavy atom. The third-order valence-corrected chi connectivity index (χ3v) is 6.33. The second kappa shape index (κ2) is 5.45. The first-order valence-corrected chi connectivity index (χ1v) is 8.86. The molecule has 21 heavy (non-hydrogen) atoms. The first-order valence-electron chi connectivity index (χ1n) is 8.86. The van der Waals surface area contributed by atoms with E-state index in [0.29, 0.717) is 12.5 Å². The average Bonchev–Trinajstić information content (AvgIpc) is 2.89. The minimum Gasteiger partial charge on any atom is -0.450 e. The molecule has 1 heterocycles. The molecule has 1 saturated heterocycles. The molecule has 5 fully saturated rings. The first-order chi connectivity index (χ1) is 10.2. The molecule has 1 amide bonds. The topological polar surface area (TPSA) is 50.4 Å². The Bertz CT molecular complexity index is 368. The van der Waals surface area contributed by atoms with Crippen LogP contribution in [0.15, 0.2) is 0 Å². The quantitative estimate of drug-likeness (QED) is 0.837. The van der Waals surface area contributed by atoms with Crippen LogP contribution in [0.5, 0.6) is 0 Å². The van der Waals surface area contributed by atoms with Crippen molar-refractivity contribution in [3.63, 3.8) is 0 Å². The van der Waals surface area contributed by atoms with E-state index in [1.165, 1.54) is 44.9 Å². The van der Waals surface area contributed by atoms with Gasteiger partial charge in [-0.15, -0.1) is 0 Å². The van der Waals surface area contributed by atoms with Gasteiger partial charge in [0.1, 0.15) is 0 Å². The van der Waals surface area contributed by atoms with E-state index in [2.05, 4.69) is 10.6 Å². The SMILES string of the molecule is O=C(NC12CC3CC(CC(C3)C1)C2)OCCC1CCNC1. The Balaban J connectivity index is 1.26. The van der Waals surface area contributed by atoms with Crippen LogP contribution < -0.4 is 10.6 Å². The summed E-state index contributed by atoms with van der Waals surface area (Å²) >= 11 is 0. The third kappa shape index (κ3) is 2.92. The predicted octanol–water partition coefficient (Wildman–Crippen LogP) is 2.68. The van der Waals surface area contributed by atoms with Crippen LogP contribution >= 0.6 is 0 Å². The van der Waals surface area contributed by atoms with Gasteiger partial charge in [-0.2, -0.15) is 0 Å². The van der Waals surface area contributed by atoms with Crippen LogP contribution in [-0.2, 0) is 4.74 Å². The van der Waals surface area contributed by atoms with Crippen molar-refractivity contribution < 1.29 is 9.53 Å². The zero-order valence-electron chi connectivity index (χ0n) is 12.9. The fourth-order valence-corrected chi connectivity index (χ4v) is 5.80. The van der Waals surface area contributed by atoms with Gasteiger partial charge in [-0.3, -0.25) is 0 Å². The van der Waals surface area contributed by atoms with Crippen molar-refractivity contribution in [3.05, 3.63) is 0 Å². The Morgan fingerprint density at radius 3 is 2.38 bits per heavy atom. The van der Waals surface area contributed by atoms with Crippen LogP contribution in [0.3, 0.4) is 0 Å². The van der Waals surface area contributed by atoms with E-state index >= 15 is 0 Å². The van der Waals surface area contributed by atoms with Gasteiger partial charge in [-0.05, 0) is 88.1 Å². The third-order valence-electron chi connectivity index (χ3n) is 6.33. The molecule has 0 aromatic carbocycles. The van der Waals surface area contributed by atoms with Crippen molar-refractivity contribution in [2.24, 2.45) is 23.7 Å². The molecule has 5 aliphatic rings. The molecule has 0 radical (unpaired) electrons. The molecule has 4 nitrogen and oxygen atoms in total. The maximum Gasteiger partial charge on any atom is 0.407 e. The van der Waals surface area contributed by atoms with E-state index < -0.39 is 0 Å². The summed E-state index contributed by atoms with van der Waals surface area (Å²) in [5, 5.41) is 6.63. The van der Waals surface area contributed by atoms with Gasteiger partial charge in [0.15, 0.2) is 0 Å². The normalized spacial score (nSPS) is 44.0. The highest BCUT2D eigenvalue weighted by Crippen LogP contribution is 2.55. The largest absolute Gasteiger partial charge is 0.450 e. The first kappa shape index (κ1) is 13.9. The van der Waals surface area contributed by atoms with Gasteiger partial charge in [0.25, 0.3) is 0 Å². The van der Waals surface area contributed by atoms with Crippen molar-refractivity contribution in [2.45, 2.75) is 56.9 Å². The number of rotatable bonds is 4. The summed E-state index contributed by atoms with van der Waals surface area (Å²) in [5.41, 5.74) is 0.0841. The second-order valence-electron chi connectivity index (χ2n) is 8.11. The van der Waals surface area contributed by atoms with Crippen molar-refractivity contribution in [3.8, 4) is 0 Å². The van der Waals surface area contributed by atoms with Crippen LogP contribution in [0, 0.1) is 23.7 Å².